The molecule has 3 nitrogen and oxygen atoms in total. The lowest BCUT2D eigenvalue weighted by molar-refractivity contribution is 0.0949. The number of piperidine rings is 1. The number of thiophene rings is 1. The molecule has 2 heterocycles. The van der Waals surface area contributed by atoms with Gasteiger partial charge in [-0.1, -0.05) is 0 Å². The molecule has 114 valence electrons. The highest BCUT2D eigenvalue weighted by atomic mass is 35.5. The molecule has 1 amide bonds. The largest absolute Gasteiger partial charge is 0.351 e. The fourth-order valence-electron chi connectivity index (χ4n) is 2.55. The first-order valence-corrected chi connectivity index (χ1v) is 7.72. The van der Waals surface area contributed by atoms with Crippen LogP contribution in [0.4, 0.5) is 4.39 Å². The number of hydrogen-bond donors (Lipinski definition) is 2. The molecule has 21 heavy (non-hydrogen) atoms. The van der Waals surface area contributed by atoms with Crippen LogP contribution in [0.25, 0.3) is 10.1 Å². The summed E-state index contributed by atoms with van der Waals surface area (Å²) in [5, 5.41) is 7.11. The molecule has 1 fully saturated rings. The van der Waals surface area contributed by atoms with E-state index in [1.165, 1.54) is 29.9 Å². The second-order valence-electron chi connectivity index (χ2n) is 5.22. The Kier molecular flexibility index (Phi) is 5.56. The van der Waals surface area contributed by atoms with E-state index in [1.807, 2.05) is 0 Å². The van der Waals surface area contributed by atoms with Crippen LogP contribution in [-0.2, 0) is 0 Å². The summed E-state index contributed by atoms with van der Waals surface area (Å²) in [6, 6.07) is 6.37. The van der Waals surface area contributed by atoms with Gasteiger partial charge in [-0.3, -0.25) is 4.79 Å². The van der Waals surface area contributed by atoms with Crippen molar-refractivity contribution >= 4 is 39.7 Å². The quantitative estimate of drug-likeness (QED) is 0.908. The van der Waals surface area contributed by atoms with Crippen LogP contribution < -0.4 is 10.6 Å². The maximum absolute atomic E-state index is 13.1. The standard InChI is InChI=1S/C15H17FN2OS.ClH/c16-12-3-4-13-11(6-12)7-14(20-13)15(19)18-9-10-2-1-5-17-8-10;/h3-4,6-7,10,17H,1-2,5,8-9H2,(H,18,19);1H. The molecule has 1 unspecified atom stereocenters. The van der Waals surface area contributed by atoms with Gasteiger partial charge >= 0.3 is 0 Å². The number of carbonyl (C=O) groups excluding carboxylic acids is 1. The van der Waals surface area contributed by atoms with Gasteiger partial charge in [0.05, 0.1) is 4.88 Å². The van der Waals surface area contributed by atoms with Crippen molar-refractivity contribution < 1.29 is 9.18 Å². The van der Waals surface area contributed by atoms with Crippen LogP contribution in [-0.4, -0.2) is 25.5 Å². The van der Waals surface area contributed by atoms with Gasteiger partial charge in [0.1, 0.15) is 5.82 Å². The average Bonchev–Trinajstić information content (AvgIpc) is 2.89. The van der Waals surface area contributed by atoms with Crippen molar-refractivity contribution in [2.24, 2.45) is 5.92 Å². The minimum absolute atomic E-state index is 0. The van der Waals surface area contributed by atoms with E-state index in [0.717, 1.165) is 29.6 Å². The summed E-state index contributed by atoms with van der Waals surface area (Å²) < 4.78 is 14.1. The molecule has 1 aromatic heterocycles. The maximum atomic E-state index is 13.1. The molecule has 3 rings (SSSR count). The third-order valence-electron chi connectivity index (χ3n) is 3.65. The molecule has 0 bridgehead atoms. The van der Waals surface area contributed by atoms with E-state index in [-0.39, 0.29) is 24.1 Å². The Morgan fingerprint density at radius 2 is 2.29 bits per heavy atom. The fourth-order valence-corrected chi connectivity index (χ4v) is 3.51. The Hall–Kier alpha value is -1.17. The molecule has 0 aliphatic carbocycles. The van der Waals surface area contributed by atoms with E-state index < -0.39 is 0 Å². The Balaban J connectivity index is 0.00000161. The van der Waals surface area contributed by atoms with Crippen LogP contribution in [0.5, 0.6) is 0 Å². The van der Waals surface area contributed by atoms with E-state index in [0.29, 0.717) is 17.3 Å². The highest BCUT2D eigenvalue weighted by molar-refractivity contribution is 7.20. The van der Waals surface area contributed by atoms with E-state index in [1.54, 1.807) is 12.1 Å². The van der Waals surface area contributed by atoms with Gasteiger partial charge in [0, 0.05) is 11.2 Å². The topological polar surface area (TPSA) is 41.1 Å². The number of carbonyl (C=O) groups is 1. The molecule has 1 saturated heterocycles. The summed E-state index contributed by atoms with van der Waals surface area (Å²) in [5.74, 6) is 0.187. The number of halogens is 2. The van der Waals surface area contributed by atoms with Gasteiger partial charge in [-0.05, 0) is 61.5 Å². The second-order valence-corrected chi connectivity index (χ2v) is 6.30. The van der Waals surface area contributed by atoms with Crippen molar-refractivity contribution in [3.63, 3.8) is 0 Å². The summed E-state index contributed by atoms with van der Waals surface area (Å²) in [6.07, 6.45) is 2.33. The first kappa shape index (κ1) is 16.2. The minimum Gasteiger partial charge on any atom is -0.351 e. The molecule has 2 N–H and O–H groups in total. The lowest BCUT2D eigenvalue weighted by Gasteiger charge is -2.22. The summed E-state index contributed by atoms with van der Waals surface area (Å²) in [6.45, 7) is 2.75. The second kappa shape index (κ2) is 7.20. The molecule has 0 spiro atoms. The molecule has 6 heteroatoms. The highest BCUT2D eigenvalue weighted by Gasteiger charge is 2.15. The van der Waals surface area contributed by atoms with Gasteiger partial charge in [0.25, 0.3) is 5.91 Å². The van der Waals surface area contributed by atoms with Crippen molar-refractivity contribution in [2.75, 3.05) is 19.6 Å². The Morgan fingerprint density at radius 3 is 3.05 bits per heavy atom. The van der Waals surface area contributed by atoms with Crippen LogP contribution in [0.2, 0.25) is 0 Å². The van der Waals surface area contributed by atoms with Crippen molar-refractivity contribution in [1.82, 2.24) is 10.6 Å². The number of amides is 1. The molecular weight excluding hydrogens is 311 g/mol. The summed E-state index contributed by atoms with van der Waals surface area (Å²) in [5.41, 5.74) is 0. The van der Waals surface area contributed by atoms with Crippen molar-refractivity contribution in [3.8, 4) is 0 Å². The molecule has 1 aliphatic rings. The van der Waals surface area contributed by atoms with Gasteiger partial charge in [-0.2, -0.15) is 0 Å². The third kappa shape index (κ3) is 3.93. The summed E-state index contributed by atoms with van der Waals surface area (Å²) >= 11 is 1.41. The number of rotatable bonds is 3. The summed E-state index contributed by atoms with van der Waals surface area (Å²) in [7, 11) is 0. The van der Waals surface area contributed by atoms with Gasteiger partial charge in [0.2, 0.25) is 0 Å². The summed E-state index contributed by atoms with van der Waals surface area (Å²) in [4.78, 5) is 12.8. The molecule has 0 saturated carbocycles. The fraction of sp³-hybridized carbons (Fsp3) is 0.400. The van der Waals surface area contributed by atoms with Crippen LogP contribution in [0, 0.1) is 11.7 Å². The molecule has 1 atom stereocenters. The van der Waals surface area contributed by atoms with Crippen LogP contribution in [0.15, 0.2) is 24.3 Å². The predicted octanol–water partition coefficient (Wildman–Crippen LogP) is 3.19. The Labute approximate surface area is 133 Å². The molecule has 1 aromatic carbocycles. The zero-order valence-corrected chi connectivity index (χ0v) is 13.2. The van der Waals surface area contributed by atoms with E-state index in [2.05, 4.69) is 10.6 Å². The lowest BCUT2D eigenvalue weighted by Crippen LogP contribution is -2.37. The zero-order chi connectivity index (χ0) is 13.9. The van der Waals surface area contributed by atoms with Crippen molar-refractivity contribution in [2.45, 2.75) is 12.8 Å². The van der Waals surface area contributed by atoms with Crippen LogP contribution in [0.1, 0.15) is 22.5 Å². The van der Waals surface area contributed by atoms with Gasteiger partial charge in [0.15, 0.2) is 0 Å². The lowest BCUT2D eigenvalue weighted by atomic mass is 10.00. The first-order chi connectivity index (χ1) is 9.72. The Bertz CT molecular complexity index is 625. The number of nitrogens with one attached hydrogen (secondary N) is 2. The molecule has 2 aromatic rings. The van der Waals surface area contributed by atoms with Crippen molar-refractivity contribution in [3.05, 3.63) is 35.0 Å². The molecule has 0 radical (unpaired) electrons. The monoisotopic (exact) mass is 328 g/mol. The predicted molar refractivity (Wildman–Crippen MR) is 87.0 cm³/mol. The number of fused-ring (bicyclic) bond motifs is 1. The number of benzene rings is 1. The zero-order valence-electron chi connectivity index (χ0n) is 11.5. The van der Waals surface area contributed by atoms with E-state index >= 15 is 0 Å². The van der Waals surface area contributed by atoms with E-state index in [4.69, 9.17) is 0 Å². The van der Waals surface area contributed by atoms with Crippen LogP contribution in [0.3, 0.4) is 0 Å². The average molecular weight is 329 g/mol. The maximum Gasteiger partial charge on any atom is 0.261 e. The van der Waals surface area contributed by atoms with Crippen molar-refractivity contribution in [1.29, 1.82) is 0 Å². The third-order valence-corrected chi connectivity index (χ3v) is 4.77. The smallest absolute Gasteiger partial charge is 0.261 e. The minimum atomic E-state index is -0.268. The SMILES string of the molecule is Cl.O=C(NCC1CCCNC1)c1cc2cc(F)ccc2s1. The van der Waals surface area contributed by atoms with Gasteiger partial charge in [-0.15, -0.1) is 23.7 Å². The van der Waals surface area contributed by atoms with Gasteiger partial charge < -0.3 is 10.6 Å². The van der Waals surface area contributed by atoms with Crippen LogP contribution >= 0.6 is 23.7 Å². The molecular formula is C15H18ClFN2OS. The highest BCUT2D eigenvalue weighted by Crippen LogP contribution is 2.26. The van der Waals surface area contributed by atoms with Gasteiger partial charge in [-0.25, -0.2) is 4.39 Å². The number of hydrogen-bond acceptors (Lipinski definition) is 3. The Morgan fingerprint density at radius 1 is 1.43 bits per heavy atom. The molecule has 1 aliphatic heterocycles. The van der Waals surface area contributed by atoms with E-state index in [9.17, 15) is 9.18 Å². The normalized spacial score (nSPS) is 18.2. The first-order valence-electron chi connectivity index (χ1n) is 6.90.